The zero-order valence-corrected chi connectivity index (χ0v) is 9.83. The molecule has 1 fully saturated rings. The summed E-state index contributed by atoms with van der Waals surface area (Å²) in [6.45, 7) is -0.205. The third-order valence-electron chi connectivity index (χ3n) is 2.82. The molecule has 0 saturated heterocycles. The van der Waals surface area contributed by atoms with Crippen LogP contribution in [0, 0.1) is 5.92 Å². The molecule has 1 saturated carbocycles. The van der Waals surface area contributed by atoms with E-state index in [4.69, 9.17) is 10.8 Å². The van der Waals surface area contributed by atoms with Gasteiger partial charge in [0.25, 0.3) is 5.91 Å². The molecule has 0 aromatic carbocycles. The summed E-state index contributed by atoms with van der Waals surface area (Å²) < 4.78 is 37.8. The number of alkyl halides is 3. The number of aliphatic carboxylic acids is 1. The van der Waals surface area contributed by atoms with Gasteiger partial charge in [-0.2, -0.15) is 13.2 Å². The van der Waals surface area contributed by atoms with E-state index < -0.39 is 30.1 Å². The van der Waals surface area contributed by atoms with E-state index in [9.17, 15) is 22.8 Å². The van der Waals surface area contributed by atoms with Gasteiger partial charge in [0.2, 0.25) is 0 Å². The Morgan fingerprint density at radius 2 is 1.89 bits per heavy atom. The Morgan fingerprint density at radius 1 is 1.39 bits per heavy atom. The summed E-state index contributed by atoms with van der Waals surface area (Å²) in [5.41, 5.74) is 1.94. The second kappa shape index (κ2) is 4.75. The van der Waals surface area contributed by atoms with Gasteiger partial charge in [-0.25, -0.2) is 0 Å². The topological polar surface area (TPSA) is 83.6 Å². The van der Waals surface area contributed by atoms with Crippen molar-refractivity contribution >= 4 is 11.9 Å². The van der Waals surface area contributed by atoms with Gasteiger partial charge in [-0.1, -0.05) is 0 Å². The fraction of sp³-hybridized carbons (Fsp3) is 0.800. The maximum absolute atomic E-state index is 12.6. The molecule has 1 rings (SSSR count). The third kappa shape index (κ3) is 3.34. The van der Waals surface area contributed by atoms with Crippen LogP contribution in [-0.2, 0) is 9.59 Å². The van der Waals surface area contributed by atoms with Crippen molar-refractivity contribution in [1.29, 1.82) is 0 Å². The lowest BCUT2D eigenvalue weighted by molar-refractivity contribution is -0.194. The summed E-state index contributed by atoms with van der Waals surface area (Å²) in [5.74, 6) is -2.68. The van der Waals surface area contributed by atoms with E-state index >= 15 is 0 Å². The van der Waals surface area contributed by atoms with Crippen molar-refractivity contribution in [3.05, 3.63) is 0 Å². The van der Waals surface area contributed by atoms with Crippen LogP contribution in [0.25, 0.3) is 0 Å². The average Bonchev–Trinajstić information content (AvgIpc) is 2.96. The highest BCUT2D eigenvalue weighted by molar-refractivity contribution is 5.89. The van der Waals surface area contributed by atoms with Gasteiger partial charge < -0.3 is 15.7 Å². The van der Waals surface area contributed by atoms with Crippen molar-refractivity contribution < 1.29 is 27.9 Å². The number of carbonyl (C=O) groups excluding carboxylic acids is 1. The summed E-state index contributed by atoms with van der Waals surface area (Å²) in [6, 6.07) is 0. The first-order chi connectivity index (χ1) is 8.05. The molecule has 104 valence electrons. The molecule has 0 heterocycles. The molecular weight excluding hydrogens is 253 g/mol. The van der Waals surface area contributed by atoms with Crippen molar-refractivity contribution in [2.75, 3.05) is 13.1 Å². The molecule has 0 bridgehead atoms. The smallest absolute Gasteiger partial charge is 0.415 e. The minimum Gasteiger partial charge on any atom is -0.480 e. The van der Waals surface area contributed by atoms with Crippen molar-refractivity contribution in [2.24, 2.45) is 11.7 Å². The number of hydrogen-bond donors (Lipinski definition) is 2. The molecule has 0 spiro atoms. The number of nitrogens with zero attached hydrogens (tertiary/aromatic N) is 1. The number of carbonyl (C=O) groups is 2. The lowest BCUT2D eigenvalue weighted by atomic mass is 10.0. The predicted molar refractivity (Wildman–Crippen MR) is 55.6 cm³/mol. The lowest BCUT2D eigenvalue weighted by Gasteiger charge is -2.32. The second-order valence-corrected chi connectivity index (χ2v) is 4.72. The maximum atomic E-state index is 12.6. The van der Waals surface area contributed by atoms with Crippen molar-refractivity contribution in [3.8, 4) is 0 Å². The van der Waals surface area contributed by atoms with E-state index in [1.165, 1.54) is 0 Å². The van der Waals surface area contributed by atoms with Gasteiger partial charge in [0.05, 0.1) is 0 Å². The predicted octanol–water partition coefficient (Wildman–Crippen LogP) is 0.589. The van der Waals surface area contributed by atoms with Crippen molar-refractivity contribution in [2.45, 2.75) is 31.5 Å². The Bertz CT molecular complexity index is 351. The summed E-state index contributed by atoms with van der Waals surface area (Å²) >= 11 is 0. The Labute approximate surface area is 102 Å². The van der Waals surface area contributed by atoms with E-state index in [2.05, 4.69) is 0 Å². The van der Waals surface area contributed by atoms with E-state index in [1.54, 1.807) is 0 Å². The largest absolute Gasteiger partial charge is 0.480 e. The zero-order chi connectivity index (χ0) is 14.1. The quantitative estimate of drug-likeness (QED) is 0.764. The third-order valence-corrected chi connectivity index (χ3v) is 2.82. The molecule has 5 nitrogen and oxygen atoms in total. The number of carboxylic acids is 1. The van der Waals surface area contributed by atoms with E-state index in [0.717, 1.165) is 12.8 Å². The van der Waals surface area contributed by atoms with Gasteiger partial charge in [-0.05, 0) is 25.7 Å². The molecule has 0 radical (unpaired) electrons. The van der Waals surface area contributed by atoms with E-state index in [1.807, 2.05) is 0 Å². The van der Waals surface area contributed by atoms with Gasteiger partial charge in [-0.3, -0.25) is 9.59 Å². The molecule has 0 aliphatic heterocycles. The molecule has 1 unspecified atom stereocenters. The van der Waals surface area contributed by atoms with E-state index in [0.29, 0.717) is 11.8 Å². The maximum Gasteiger partial charge on any atom is 0.415 e. The number of hydrogen-bond acceptors (Lipinski definition) is 3. The Kier molecular flexibility index (Phi) is 3.89. The van der Waals surface area contributed by atoms with Crippen LogP contribution in [-0.4, -0.2) is 46.7 Å². The van der Waals surface area contributed by atoms with Crippen molar-refractivity contribution in [3.63, 3.8) is 0 Å². The summed E-state index contributed by atoms with van der Waals surface area (Å²) in [4.78, 5) is 23.0. The number of halogens is 3. The minimum absolute atomic E-state index is 0.00794. The fourth-order valence-corrected chi connectivity index (χ4v) is 1.44. The van der Waals surface area contributed by atoms with Crippen LogP contribution in [0.1, 0.15) is 19.8 Å². The molecule has 1 atom stereocenters. The van der Waals surface area contributed by atoms with Crippen LogP contribution in [0.15, 0.2) is 0 Å². The number of rotatable bonds is 5. The Morgan fingerprint density at radius 3 is 2.22 bits per heavy atom. The van der Waals surface area contributed by atoms with Gasteiger partial charge in [0, 0.05) is 6.54 Å². The van der Waals surface area contributed by atoms with Gasteiger partial charge in [0.15, 0.2) is 5.54 Å². The van der Waals surface area contributed by atoms with Crippen LogP contribution >= 0.6 is 0 Å². The Hall–Kier alpha value is -1.31. The minimum atomic E-state index is -4.91. The van der Waals surface area contributed by atoms with Crippen LogP contribution in [0.3, 0.4) is 0 Å². The summed E-state index contributed by atoms with van der Waals surface area (Å²) in [7, 11) is 0. The Balaban J connectivity index is 2.83. The molecule has 0 aromatic rings. The highest BCUT2D eigenvalue weighted by atomic mass is 19.4. The SMILES string of the molecule is CC(N)(C(=O)N(CC(=O)O)CC1CC1)C(F)(F)F. The lowest BCUT2D eigenvalue weighted by Crippen LogP contribution is -2.63. The monoisotopic (exact) mass is 268 g/mol. The van der Waals surface area contributed by atoms with Crippen LogP contribution in [0.2, 0.25) is 0 Å². The van der Waals surface area contributed by atoms with Crippen LogP contribution in [0.5, 0.6) is 0 Å². The van der Waals surface area contributed by atoms with Crippen LogP contribution < -0.4 is 5.73 Å². The van der Waals surface area contributed by atoms with Gasteiger partial charge in [-0.15, -0.1) is 0 Å². The van der Waals surface area contributed by atoms with Crippen LogP contribution in [0.4, 0.5) is 13.2 Å². The highest BCUT2D eigenvalue weighted by Gasteiger charge is 2.55. The van der Waals surface area contributed by atoms with Gasteiger partial charge >= 0.3 is 12.1 Å². The fourth-order valence-electron chi connectivity index (χ4n) is 1.44. The highest BCUT2D eigenvalue weighted by Crippen LogP contribution is 2.33. The van der Waals surface area contributed by atoms with Crippen molar-refractivity contribution in [1.82, 2.24) is 4.90 Å². The standard InChI is InChI=1S/C10H15F3N2O3/c1-9(14,10(11,12)13)8(18)15(5-7(16)17)4-6-2-3-6/h6H,2-5,14H2,1H3,(H,16,17). The summed E-state index contributed by atoms with van der Waals surface area (Å²) in [6.07, 6.45) is -3.34. The van der Waals surface area contributed by atoms with E-state index in [-0.39, 0.29) is 12.5 Å². The number of amides is 1. The molecule has 3 N–H and O–H groups in total. The first-order valence-electron chi connectivity index (χ1n) is 5.42. The first-order valence-corrected chi connectivity index (χ1v) is 5.42. The molecule has 18 heavy (non-hydrogen) atoms. The molecular formula is C10H15F3N2O3. The van der Waals surface area contributed by atoms with Gasteiger partial charge in [0.1, 0.15) is 6.54 Å². The molecule has 1 aliphatic carbocycles. The molecule has 8 heteroatoms. The zero-order valence-electron chi connectivity index (χ0n) is 9.83. The second-order valence-electron chi connectivity index (χ2n) is 4.72. The molecule has 1 aliphatic rings. The normalized spacial score (nSPS) is 19.2. The molecule has 0 aromatic heterocycles. The summed E-state index contributed by atoms with van der Waals surface area (Å²) in [5, 5.41) is 8.62. The number of nitrogens with two attached hydrogens (primary N) is 1. The first kappa shape index (κ1) is 14.7. The average molecular weight is 268 g/mol. The number of carboxylic acid groups (broad SMARTS) is 1. The molecule has 1 amide bonds.